The fourth-order valence-electron chi connectivity index (χ4n) is 1.64. The molecular formula is C10H13NS. The molecule has 2 N–H and O–H groups in total. The van der Waals surface area contributed by atoms with Crippen LogP contribution in [0, 0.1) is 0 Å². The van der Waals surface area contributed by atoms with Crippen molar-refractivity contribution >= 4 is 17.4 Å². The smallest absolute Gasteiger partial charge is 0.00792 e. The molecule has 1 aliphatic rings. The second kappa shape index (κ2) is 3.42. The molecule has 1 unspecified atom stereocenters. The molecule has 1 heterocycles. The molecule has 0 saturated heterocycles. The van der Waals surface area contributed by atoms with E-state index in [9.17, 15) is 0 Å². The third kappa shape index (κ3) is 1.76. The molecule has 1 aliphatic carbocycles. The van der Waals surface area contributed by atoms with Crippen LogP contribution in [-0.4, -0.2) is 6.04 Å². The molecule has 1 fully saturated rings. The van der Waals surface area contributed by atoms with Crippen LogP contribution in [0.15, 0.2) is 22.4 Å². The first-order valence-corrected chi connectivity index (χ1v) is 5.26. The summed E-state index contributed by atoms with van der Waals surface area (Å²) in [5.41, 5.74) is 8.67. The van der Waals surface area contributed by atoms with Crippen LogP contribution < -0.4 is 5.73 Å². The first-order chi connectivity index (χ1) is 5.84. The van der Waals surface area contributed by atoms with Crippen LogP contribution in [0.3, 0.4) is 0 Å². The van der Waals surface area contributed by atoms with E-state index >= 15 is 0 Å². The minimum atomic E-state index is 0.412. The van der Waals surface area contributed by atoms with Crippen molar-refractivity contribution in [1.82, 2.24) is 0 Å². The Labute approximate surface area is 76.9 Å². The first-order valence-electron chi connectivity index (χ1n) is 4.32. The van der Waals surface area contributed by atoms with Gasteiger partial charge in [0, 0.05) is 6.04 Å². The van der Waals surface area contributed by atoms with E-state index in [0.717, 1.165) is 12.8 Å². The van der Waals surface area contributed by atoms with Gasteiger partial charge in [-0.15, -0.1) is 0 Å². The predicted molar refractivity (Wildman–Crippen MR) is 54.1 cm³/mol. The molecule has 1 aromatic rings. The summed E-state index contributed by atoms with van der Waals surface area (Å²) < 4.78 is 0. The Kier molecular flexibility index (Phi) is 2.28. The summed E-state index contributed by atoms with van der Waals surface area (Å²) in [5.74, 6) is 0. The second-order valence-corrected chi connectivity index (χ2v) is 4.14. The number of nitrogens with two attached hydrogens (primary N) is 1. The normalized spacial score (nSPS) is 26.8. The Bertz CT molecular complexity index is 274. The van der Waals surface area contributed by atoms with E-state index in [1.807, 2.05) is 0 Å². The van der Waals surface area contributed by atoms with Crippen molar-refractivity contribution in [3.63, 3.8) is 0 Å². The van der Waals surface area contributed by atoms with Crippen molar-refractivity contribution in [2.24, 2.45) is 5.73 Å². The molecule has 1 nitrogen and oxygen atoms in total. The average molecular weight is 179 g/mol. The SMILES string of the molecule is NC1CCC(=Cc2ccsc2)C1. The van der Waals surface area contributed by atoms with Crippen molar-refractivity contribution in [3.05, 3.63) is 28.0 Å². The average Bonchev–Trinajstić information content (AvgIpc) is 2.63. The summed E-state index contributed by atoms with van der Waals surface area (Å²) in [6.07, 6.45) is 5.73. The standard InChI is InChI=1S/C10H13NS/c11-10-2-1-8(6-10)5-9-3-4-12-7-9/h3-5,7,10H,1-2,6,11H2. The maximum atomic E-state index is 5.82. The Morgan fingerprint density at radius 3 is 3.08 bits per heavy atom. The summed E-state index contributed by atoms with van der Waals surface area (Å²) >= 11 is 1.75. The molecule has 0 bridgehead atoms. The van der Waals surface area contributed by atoms with Gasteiger partial charge in [0.2, 0.25) is 0 Å². The van der Waals surface area contributed by atoms with Gasteiger partial charge in [0.05, 0.1) is 0 Å². The highest BCUT2D eigenvalue weighted by atomic mass is 32.1. The number of thiophene rings is 1. The fraction of sp³-hybridized carbons (Fsp3) is 0.400. The largest absolute Gasteiger partial charge is 0.327 e. The summed E-state index contributed by atoms with van der Waals surface area (Å²) in [6.45, 7) is 0. The Morgan fingerprint density at radius 1 is 1.58 bits per heavy atom. The van der Waals surface area contributed by atoms with Crippen LogP contribution in [0.25, 0.3) is 6.08 Å². The van der Waals surface area contributed by atoms with Crippen LogP contribution in [0.1, 0.15) is 24.8 Å². The molecule has 1 atom stereocenters. The monoisotopic (exact) mass is 179 g/mol. The highest BCUT2D eigenvalue weighted by Gasteiger charge is 2.14. The third-order valence-electron chi connectivity index (χ3n) is 2.27. The van der Waals surface area contributed by atoms with Gasteiger partial charge >= 0.3 is 0 Å². The van der Waals surface area contributed by atoms with E-state index in [1.54, 1.807) is 11.3 Å². The third-order valence-corrected chi connectivity index (χ3v) is 2.98. The Hall–Kier alpha value is -0.600. The van der Waals surface area contributed by atoms with Crippen molar-refractivity contribution in [2.45, 2.75) is 25.3 Å². The summed E-state index contributed by atoms with van der Waals surface area (Å²) in [6, 6.07) is 2.57. The molecule has 0 radical (unpaired) electrons. The van der Waals surface area contributed by atoms with Gasteiger partial charge in [-0.1, -0.05) is 11.6 Å². The number of hydrogen-bond donors (Lipinski definition) is 1. The molecule has 1 saturated carbocycles. The van der Waals surface area contributed by atoms with Gasteiger partial charge < -0.3 is 5.73 Å². The lowest BCUT2D eigenvalue weighted by Crippen LogP contribution is -2.13. The number of hydrogen-bond acceptors (Lipinski definition) is 2. The molecule has 1 aromatic heterocycles. The maximum Gasteiger partial charge on any atom is 0.00792 e. The molecule has 64 valence electrons. The van der Waals surface area contributed by atoms with Crippen LogP contribution in [-0.2, 0) is 0 Å². The topological polar surface area (TPSA) is 26.0 Å². The minimum absolute atomic E-state index is 0.412. The molecule has 2 heteroatoms. The zero-order valence-electron chi connectivity index (χ0n) is 6.99. The van der Waals surface area contributed by atoms with Crippen molar-refractivity contribution < 1.29 is 0 Å². The molecule has 12 heavy (non-hydrogen) atoms. The van der Waals surface area contributed by atoms with Gasteiger partial charge in [0.25, 0.3) is 0 Å². The van der Waals surface area contributed by atoms with Gasteiger partial charge in [-0.3, -0.25) is 0 Å². The number of rotatable bonds is 1. The van der Waals surface area contributed by atoms with Gasteiger partial charge in [-0.05, 0) is 41.7 Å². The molecule has 0 amide bonds. The zero-order chi connectivity index (χ0) is 8.39. The molecular weight excluding hydrogens is 166 g/mol. The lowest BCUT2D eigenvalue weighted by Gasteiger charge is -1.95. The summed E-state index contributed by atoms with van der Waals surface area (Å²) in [5, 5.41) is 4.29. The van der Waals surface area contributed by atoms with Crippen LogP contribution in [0.5, 0.6) is 0 Å². The van der Waals surface area contributed by atoms with Crippen molar-refractivity contribution in [3.8, 4) is 0 Å². The van der Waals surface area contributed by atoms with E-state index in [-0.39, 0.29) is 0 Å². The van der Waals surface area contributed by atoms with Crippen LogP contribution in [0.2, 0.25) is 0 Å². The van der Waals surface area contributed by atoms with Crippen LogP contribution >= 0.6 is 11.3 Å². The summed E-state index contributed by atoms with van der Waals surface area (Å²) in [7, 11) is 0. The molecule has 0 spiro atoms. The minimum Gasteiger partial charge on any atom is -0.327 e. The lowest BCUT2D eigenvalue weighted by molar-refractivity contribution is 0.711. The van der Waals surface area contributed by atoms with Crippen molar-refractivity contribution in [1.29, 1.82) is 0 Å². The molecule has 0 aliphatic heterocycles. The van der Waals surface area contributed by atoms with Gasteiger partial charge in [-0.2, -0.15) is 11.3 Å². The van der Waals surface area contributed by atoms with E-state index in [0.29, 0.717) is 6.04 Å². The van der Waals surface area contributed by atoms with E-state index in [1.165, 1.54) is 17.6 Å². The second-order valence-electron chi connectivity index (χ2n) is 3.36. The Morgan fingerprint density at radius 2 is 2.50 bits per heavy atom. The van der Waals surface area contributed by atoms with E-state index in [2.05, 4.69) is 22.9 Å². The van der Waals surface area contributed by atoms with E-state index < -0.39 is 0 Å². The lowest BCUT2D eigenvalue weighted by atomic mass is 10.1. The van der Waals surface area contributed by atoms with Gasteiger partial charge in [0.15, 0.2) is 0 Å². The fourth-order valence-corrected chi connectivity index (χ4v) is 2.25. The predicted octanol–water partition coefficient (Wildman–Crippen LogP) is 2.64. The van der Waals surface area contributed by atoms with Crippen LogP contribution in [0.4, 0.5) is 0 Å². The molecule has 0 aromatic carbocycles. The van der Waals surface area contributed by atoms with Gasteiger partial charge in [0.1, 0.15) is 0 Å². The maximum absolute atomic E-state index is 5.82. The highest BCUT2D eigenvalue weighted by molar-refractivity contribution is 7.08. The zero-order valence-corrected chi connectivity index (χ0v) is 7.81. The Balaban J connectivity index is 2.10. The highest BCUT2D eigenvalue weighted by Crippen LogP contribution is 2.25. The molecule has 2 rings (SSSR count). The van der Waals surface area contributed by atoms with Crippen molar-refractivity contribution in [2.75, 3.05) is 0 Å². The first kappa shape index (κ1) is 8.02. The summed E-state index contributed by atoms with van der Waals surface area (Å²) in [4.78, 5) is 0. The van der Waals surface area contributed by atoms with E-state index in [4.69, 9.17) is 5.73 Å². The quantitative estimate of drug-likeness (QED) is 0.704. The van der Waals surface area contributed by atoms with Gasteiger partial charge in [-0.25, -0.2) is 0 Å².